The van der Waals surface area contributed by atoms with Crippen molar-refractivity contribution >= 4 is 49.5 Å². The third-order valence-corrected chi connectivity index (χ3v) is 7.75. The lowest BCUT2D eigenvalue weighted by atomic mass is 10.2. The van der Waals surface area contributed by atoms with Crippen LogP contribution in [0.25, 0.3) is 32.3 Å². The minimum absolute atomic E-state index is 0.0494. The highest BCUT2D eigenvalue weighted by Crippen LogP contribution is 2.30. The van der Waals surface area contributed by atoms with Gasteiger partial charge in [-0.15, -0.1) is 11.3 Å². The maximum atomic E-state index is 13.0. The number of carbonyl (C=O) groups excluding carboxylic acids is 1. The van der Waals surface area contributed by atoms with Crippen molar-refractivity contribution < 1.29 is 9.21 Å². The maximum Gasteiger partial charge on any atom is 0.297 e. The molecule has 0 N–H and O–H groups in total. The van der Waals surface area contributed by atoms with Crippen LogP contribution in [0.1, 0.15) is 18.0 Å². The third kappa shape index (κ3) is 3.57. The van der Waals surface area contributed by atoms with Gasteiger partial charge in [0.15, 0.2) is 0 Å². The van der Waals surface area contributed by atoms with Crippen LogP contribution in [0.5, 0.6) is 0 Å². The molecule has 172 valence electrons. The van der Waals surface area contributed by atoms with Crippen molar-refractivity contribution in [3.63, 3.8) is 0 Å². The lowest BCUT2D eigenvalue weighted by Crippen LogP contribution is -2.50. The van der Waals surface area contributed by atoms with E-state index in [1.165, 1.54) is 15.6 Å². The summed E-state index contributed by atoms with van der Waals surface area (Å²) in [7, 11) is 0. The number of carbonyl (C=O) groups is 1. The highest BCUT2D eigenvalue weighted by atomic mass is 32.1. The van der Waals surface area contributed by atoms with Gasteiger partial charge in [-0.25, -0.2) is 9.97 Å². The van der Waals surface area contributed by atoms with Gasteiger partial charge in [-0.1, -0.05) is 24.3 Å². The second-order valence-corrected chi connectivity index (χ2v) is 9.63. The zero-order chi connectivity index (χ0) is 23.2. The molecule has 0 unspecified atom stereocenters. The van der Waals surface area contributed by atoms with E-state index in [4.69, 9.17) is 9.40 Å². The van der Waals surface area contributed by atoms with Crippen LogP contribution in [0.15, 0.2) is 64.1 Å². The number of aromatic nitrogens is 3. The van der Waals surface area contributed by atoms with Gasteiger partial charge < -0.3 is 9.32 Å². The quantitative estimate of drug-likeness (QED) is 0.396. The minimum atomic E-state index is -0.336. The molecule has 0 aliphatic carbocycles. The Balaban J connectivity index is 1.14. The lowest BCUT2D eigenvalue weighted by molar-refractivity contribution is -0.134. The van der Waals surface area contributed by atoms with Crippen LogP contribution in [0.4, 0.5) is 0 Å². The fourth-order valence-electron chi connectivity index (χ4n) is 4.56. The predicted octanol–water partition coefficient (Wildman–Crippen LogP) is 3.66. The van der Waals surface area contributed by atoms with E-state index in [1.807, 2.05) is 41.3 Å². The SMILES string of the molecule is C[C@@H](c1nc2ccccc2s1)N1CCN(C(=O)Cn2cnc3c(oc4ccccc43)c2=O)CC1. The zero-order valence-corrected chi connectivity index (χ0v) is 19.5. The summed E-state index contributed by atoms with van der Waals surface area (Å²) in [4.78, 5) is 39.3. The third-order valence-electron chi connectivity index (χ3n) is 6.54. The Kier molecular flexibility index (Phi) is 5.15. The minimum Gasteiger partial charge on any atom is -0.448 e. The Bertz CT molecular complexity index is 1550. The maximum absolute atomic E-state index is 13.0. The number of rotatable bonds is 4. The topological polar surface area (TPSA) is 84.5 Å². The van der Waals surface area contributed by atoms with Crippen molar-refractivity contribution in [2.75, 3.05) is 26.2 Å². The summed E-state index contributed by atoms with van der Waals surface area (Å²) in [5.41, 5.74) is 2.03. The van der Waals surface area contributed by atoms with Crippen LogP contribution >= 0.6 is 11.3 Å². The molecule has 1 atom stereocenters. The summed E-state index contributed by atoms with van der Waals surface area (Å²) in [6, 6.07) is 15.8. The van der Waals surface area contributed by atoms with E-state index in [0.717, 1.165) is 29.0 Å². The lowest BCUT2D eigenvalue weighted by Gasteiger charge is -2.37. The molecule has 5 aromatic rings. The number of benzene rings is 2. The fraction of sp³-hybridized carbons (Fsp3) is 0.280. The van der Waals surface area contributed by atoms with Gasteiger partial charge in [-0.2, -0.15) is 0 Å². The normalized spacial score (nSPS) is 16.0. The molecular formula is C25H23N5O3S. The van der Waals surface area contributed by atoms with Gasteiger partial charge in [0.25, 0.3) is 5.56 Å². The van der Waals surface area contributed by atoms with E-state index in [0.29, 0.717) is 24.2 Å². The molecule has 1 amide bonds. The van der Waals surface area contributed by atoms with Gasteiger partial charge in [-0.3, -0.25) is 19.1 Å². The second kappa shape index (κ2) is 8.34. The van der Waals surface area contributed by atoms with Gasteiger partial charge in [-0.05, 0) is 31.2 Å². The van der Waals surface area contributed by atoms with Crippen LogP contribution in [0, 0.1) is 0 Å². The molecule has 1 aliphatic heterocycles. The number of thiazole rings is 1. The Morgan fingerprint density at radius 1 is 1.09 bits per heavy atom. The predicted molar refractivity (Wildman–Crippen MR) is 132 cm³/mol. The van der Waals surface area contributed by atoms with E-state index in [-0.39, 0.29) is 29.6 Å². The van der Waals surface area contributed by atoms with E-state index in [9.17, 15) is 9.59 Å². The smallest absolute Gasteiger partial charge is 0.297 e. The monoisotopic (exact) mass is 473 g/mol. The molecule has 1 aliphatic rings. The molecule has 0 saturated carbocycles. The largest absolute Gasteiger partial charge is 0.448 e. The molecule has 8 nitrogen and oxygen atoms in total. The van der Waals surface area contributed by atoms with Crippen molar-refractivity contribution in [3.8, 4) is 0 Å². The van der Waals surface area contributed by atoms with Crippen LogP contribution in [-0.4, -0.2) is 56.4 Å². The Hall–Kier alpha value is -3.56. The van der Waals surface area contributed by atoms with Crippen molar-refractivity contribution in [2.24, 2.45) is 0 Å². The molecule has 2 aromatic carbocycles. The van der Waals surface area contributed by atoms with Crippen LogP contribution in [0.2, 0.25) is 0 Å². The van der Waals surface area contributed by atoms with E-state index in [2.05, 4.69) is 22.9 Å². The summed E-state index contributed by atoms with van der Waals surface area (Å²) in [6.07, 6.45) is 1.44. The molecule has 0 radical (unpaired) electrons. The first kappa shape index (κ1) is 21.0. The Morgan fingerprint density at radius 2 is 1.85 bits per heavy atom. The molecule has 3 aromatic heterocycles. The molecule has 34 heavy (non-hydrogen) atoms. The molecule has 6 rings (SSSR count). The van der Waals surface area contributed by atoms with E-state index >= 15 is 0 Å². The highest BCUT2D eigenvalue weighted by molar-refractivity contribution is 7.18. The van der Waals surface area contributed by atoms with Gasteiger partial charge >= 0.3 is 0 Å². The number of fused-ring (bicyclic) bond motifs is 4. The van der Waals surface area contributed by atoms with E-state index in [1.54, 1.807) is 17.4 Å². The molecule has 0 bridgehead atoms. The van der Waals surface area contributed by atoms with Gasteiger partial charge in [0.1, 0.15) is 22.7 Å². The van der Waals surface area contributed by atoms with Crippen molar-refractivity contribution in [2.45, 2.75) is 19.5 Å². The van der Waals surface area contributed by atoms with Crippen molar-refractivity contribution in [1.82, 2.24) is 24.3 Å². The summed E-state index contributed by atoms with van der Waals surface area (Å²) in [6.45, 7) is 4.87. The van der Waals surface area contributed by atoms with Crippen LogP contribution in [-0.2, 0) is 11.3 Å². The number of piperazine rings is 1. The number of hydrogen-bond donors (Lipinski definition) is 0. The Morgan fingerprint density at radius 3 is 2.68 bits per heavy atom. The van der Waals surface area contributed by atoms with Crippen LogP contribution < -0.4 is 5.56 Å². The number of amides is 1. The van der Waals surface area contributed by atoms with Crippen molar-refractivity contribution in [1.29, 1.82) is 0 Å². The average molecular weight is 474 g/mol. The first-order valence-electron chi connectivity index (χ1n) is 11.3. The van der Waals surface area contributed by atoms with Gasteiger partial charge in [0.2, 0.25) is 11.5 Å². The number of hydrogen-bond acceptors (Lipinski definition) is 7. The molecule has 0 spiro atoms. The summed E-state index contributed by atoms with van der Waals surface area (Å²) < 4.78 is 8.25. The first-order valence-corrected chi connectivity index (χ1v) is 12.1. The summed E-state index contributed by atoms with van der Waals surface area (Å²) in [5, 5.41) is 1.89. The highest BCUT2D eigenvalue weighted by Gasteiger charge is 2.27. The van der Waals surface area contributed by atoms with Gasteiger partial charge in [0, 0.05) is 31.6 Å². The van der Waals surface area contributed by atoms with Crippen LogP contribution in [0.3, 0.4) is 0 Å². The molecular weight excluding hydrogens is 450 g/mol. The molecule has 4 heterocycles. The molecule has 1 saturated heterocycles. The van der Waals surface area contributed by atoms with E-state index < -0.39 is 0 Å². The summed E-state index contributed by atoms with van der Waals surface area (Å²) in [5.74, 6) is -0.0911. The second-order valence-electron chi connectivity index (χ2n) is 8.57. The van der Waals surface area contributed by atoms with Gasteiger partial charge in [0.05, 0.1) is 22.6 Å². The first-order chi connectivity index (χ1) is 16.6. The van der Waals surface area contributed by atoms with Crippen molar-refractivity contribution in [3.05, 3.63) is 70.2 Å². The number of para-hydroxylation sites is 2. The molecule has 1 fully saturated rings. The average Bonchev–Trinajstić information content (AvgIpc) is 3.47. The number of nitrogens with zero attached hydrogens (tertiary/aromatic N) is 5. The molecule has 9 heteroatoms. The Labute approximate surface area is 199 Å². The standard InChI is InChI=1S/C25H23N5O3S/c1-16(24-27-18-7-3-5-9-20(18)34-24)28-10-12-29(13-11-28)21(31)14-30-15-26-22-17-6-2-4-8-19(17)33-23(22)25(30)32/h2-9,15-16H,10-14H2,1H3/t16-/m0/s1. The zero-order valence-electron chi connectivity index (χ0n) is 18.7. The summed E-state index contributed by atoms with van der Waals surface area (Å²) >= 11 is 1.72. The number of furan rings is 1. The fourth-order valence-corrected chi connectivity index (χ4v) is 5.61.